The van der Waals surface area contributed by atoms with Gasteiger partial charge in [-0.2, -0.15) is 0 Å². The normalized spacial score (nSPS) is 12.0. The van der Waals surface area contributed by atoms with Crippen LogP contribution in [0.1, 0.15) is 5.56 Å². The van der Waals surface area contributed by atoms with E-state index < -0.39 is 22.7 Å². The number of rotatable bonds is 4. The molecule has 2 rings (SSSR count). The van der Waals surface area contributed by atoms with Gasteiger partial charge in [0, 0.05) is 0 Å². The van der Waals surface area contributed by atoms with Crippen molar-refractivity contribution >= 4 is 28.4 Å². The predicted octanol–water partition coefficient (Wildman–Crippen LogP) is 1.59. The maximum absolute atomic E-state index is 12.1. The average molecular weight is 323 g/mol. The van der Waals surface area contributed by atoms with Crippen molar-refractivity contribution in [2.75, 3.05) is 5.73 Å². The van der Waals surface area contributed by atoms with Gasteiger partial charge in [0.25, 0.3) is 0 Å². The van der Waals surface area contributed by atoms with E-state index in [0.717, 1.165) is 5.56 Å². The van der Waals surface area contributed by atoms with E-state index in [1.165, 1.54) is 0 Å². The average Bonchev–Trinajstić information content (AvgIpc) is 2.38. The third-order valence-electron chi connectivity index (χ3n) is 2.50. The molecule has 3 nitrogen and oxygen atoms in total. The molecule has 2 aromatic rings. The molecule has 1 atom stereocenters. The van der Waals surface area contributed by atoms with Crippen LogP contribution < -0.4 is 5.73 Å². The van der Waals surface area contributed by atoms with Gasteiger partial charge >= 0.3 is 113 Å². The molecule has 5 heteroatoms. The number of benzene rings is 2. The summed E-state index contributed by atoms with van der Waals surface area (Å²) in [7, 11) is -3.11. The van der Waals surface area contributed by atoms with Gasteiger partial charge in [-0.3, -0.25) is 0 Å². The molecule has 0 spiro atoms. The fourth-order valence-electron chi connectivity index (χ4n) is 1.50. The van der Waals surface area contributed by atoms with Crippen molar-refractivity contribution in [1.29, 1.82) is 0 Å². The van der Waals surface area contributed by atoms with Gasteiger partial charge in [-0.25, -0.2) is 0 Å². The summed E-state index contributed by atoms with van der Waals surface area (Å²) in [6.07, 6.45) is 0. The number of anilines is 1. The molecule has 0 radical (unpaired) electrons. The Hall–Kier alpha value is -1.25. The first-order valence-corrected chi connectivity index (χ1v) is 11.0. The van der Waals surface area contributed by atoms with E-state index in [-0.39, 0.29) is 0 Å². The molecule has 0 aliphatic carbocycles. The first-order valence-electron chi connectivity index (χ1n) is 5.47. The van der Waals surface area contributed by atoms with Crippen LogP contribution in [0.15, 0.2) is 59.5 Å². The van der Waals surface area contributed by atoms with Gasteiger partial charge in [-0.1, -0.05) is 0 Å². The summed E-state index contributed by atoms with van der Waals surface area (Å²) in [6.45, 7) is 0. The molecule has 0 bridgehead atoms. The van der Waals surface area contributed by atoms with Gasteiger partial charge < -0.3 is 0 Å². The van der Waals surface area contributed by atoms with Crippen molar-refractivity contribution in [2.24, 2.45) is 0 Å². The summed E-state index contributed by atoms with van der Waals surface area (Å²) in [5, 5.41) is 0.646. The topological polar surface area (TPSA) is 60.2 Å². The molecule has 0 saturated heterocycles. The van der Waals surface area contributed by atoms with Gasteiger partial charge in [0.1, 0.15) is 0 Å². The quantitative estimate of drug-likeness (QED) is 0.687. The molecule has 0 saturated carbocycles. The van der Waals surface area contributed by atoms with Gasteiger partial charge in [0.05, 0.1) is 0 Å². The molecule has 94 valence electrons. The molecule has 18 heavy (non-hydrogen) atoms. The van der Waals surface area contributed by atoms with Crippen molar-refractivity contribution in [3.05, 3.63) is 60.2 Å². The zero-order valence-corrected chi connectivity index (χ0v) is 12.6. The first kappa shape index (κ1) is 13.2. The van der Waals surface area contributed by atoms with Crippen LogP contribution in [0.4, 0.5) is 5.69 Å². The van der Waals surface area contributed by atoms with E-state index in [1.807, 2.05) is 30.3 Å². The third kappa shape index (κ3) is 3.37. The molecule has 0 aliphatic rings. The summed E-state index contributed by atoms with van der Waals surface area (Å²) in [5.41, 5.74) is 7.21. The molecule has 0 amide bonds. The molecular formula is C13H14AsNO2S. The van der Waals surface area contributed by atoms with Crippen LogP contribution in [-0.2, 0) is 13.3 Å². The Balaban J connectivity index is 2.11. The Morgan fingerprint density at radius 3 is 2.17 bits per heavy atom. The van der Waals surface area contributed by atoms with Crippen LogP contribution >= 0.6 is 0 Å². The van der Waals surface area contributed by atoms with Crippen LogP contribution in [-0.4, -0.2) is 23.0 Å². The fraction of sp³-hybridized carbons (Fsp3) is 0.0769. The Morgan fingerprint density at radius 1 is 0.944 bits per heavy atom. The summed E-state index contributed by atoms with van der Waals surface area (Å²) >= 11 is -1.10. The van der Waals surface area contributed by atoms with Crippen LogP contribution in [0.3, 0.4) is 0 Å². The van der Waals surface area contributed by atoms with E-state index >= 15 is 0 Å². The number of hydrogen-bond donors (Lipinski definition) is 1. The van der Waals surface area contributed by atoms with Gasteiger partial charge in [-0.15, -0.1) is 0 Å². The summed E-state index contributed by atoms with van der Waals surface area (Å²) < 4.78 is 24.3. The molecule has 0 fully saturated rings. The maximum atomic E-state index is 12.1. The van der Waals surface area contributed by atoms with Crippen molar-refractivity contribution in [3.8, 4) is 0 Å². The van der Waals surface area contributed by atoms with Gasteiger partial charge in [-0.05, 0) is 0 Å². The molecule has 1 unspecified atom stereocenters. The van der Waals surface area contributed by atoms with Gasteiger partial charge in [0.15, 0.2) is 0 Å². The Bertz CT molecular complexity index is 609. The van der Waals surface area contributed by atoms with Crippen molar-refractivity contribution in [1.82, 2.24) is 0 Å². The van der Waals surface area contributed by atoms with E-state index in [4.69, 9.17) is 5.73 Å². The second kappa shape index (κ2) is 5.59. The number of hydrogen-bond acceptors (Lipinski definition) is 3. The van der Waals surface area contributed by atoms with Crippen LogP contribution in [0, 0.1) is 0 Å². The van der Waals surface area contributed by atoms with Gasteiger partial charge in [0.2, 0.25) is 0 Å². The summed E-state index contributed by atoms with van der Waals surface area (Å²) in [6, 6.07) is 16.1. The monoisotopic (exact) mass is 323 g/mol. The molecule has 0 aliphatic heterocycles. The van der Waals surface area contributed by atoms with Crippen LogP contribution in [0.2, 0.25) is 0 Å². The second-order valence-corrected chi connectivity index (χ2v) is 11.6. The predicted molar refractivity (Wildman–Crippen MR) is 75.3 cm³/mol. The zero-order valence-electron chi connectivity index (χ0n) is 9.71. The molecular weight excluding hydrogens is 309 g/mol. The Morgan fingerprint density at radius 2 is 1.56 bits per heavy atom. The second-order valence-electron chi connectivity index (χ2n) is 3.88. The van der Waals surface area contributed by atoms with Crippen molar-refractivity contribution in [3.63, 3.8) is 0 Å². The number of nitrogen functional groups attached to an aromatic ring is 1. The van der Waals surface area contributed by atoms with Crippen LogP contribution in [0.5, 0.6) is 0 Å². The van der Waals surface area contributed by atoms with E-state index in [2.05, 4.69) is 0 Å². The molecule has 0 aromatic heterocycles. The van der Waals surface area contributed by atoms with E-state index in [9.17, 15) is 8.42 Å². The zero-order chi connectivity index (χ0) is 13.0. The standard InChI is InChI=1S/C13H14AsNO2S/c15-12-6-8-13(9-7-12)18(16,17)14-10-11-4-2-1-3-5-11/h1-9,14H,10,15H2. The van der Waals surface area contributed by atoms with E-state index in [0.29, 0.717) is 15.8 Å². The fourth-order valence-corrected chi connectivity index (χ4v) is 7.17. The first-order chi connectivity index (χ1) is 8.58. The summed E-state index contributed by atoms with van der Waals surface area (Å²) in [5.74, 6) is 0. The Labute approximate surface area is 113 Å². The van der Waals surface area contributed by atoms with Crippen molar-refractivity contribution in [2.45, 2.75) is 10.1 Å². The van der Waals surface area contributed by atoms with Crippen molar-refractivity contribution < 1.29 is 8.42 Å². The molecule has 2 N–H and O–H groups in total. The van der Waals surface area contributed by atoms with Crippen LogP contribution in [0.25, 0.3) is 0 Å². The minimum atomic E-state index is -3.11. The molecule has 2 aromatic carbocycles. The number of nitrogens with two attached hydrogens (primary N) is 1. The summed E-state index contributed by atoms with van der Waals surface area (Å²) in [4.78, 5) is 0.382. The SMILES string of the molecule is Nc1ccc(S(=O)(=O)[AsH]Cc2ccccc2)cc1. The Kier molecular flexibility index (Phi) is 4.10. The van der Waals surface area contributed by atoms with E-state index in [1.54, 1.807) is 24.3 Å². The third-order valence-corrected chi connectivity index (χ3v) is 9.56. The molecule has 0 heterocycles. The minimum absolute atomic E-state index is 0.382.